The Bertz CT molecular complexity index is 7840. The van der Waals surface area contributed by atoms with Crippen molar-refractivity contribution in [1.82, 2.24) is 19.9 Å². The summed E-state index contributed by atoms with van der Waals surface area (Å²) in [6, 6.07) is 122. The number of halogens is 4. The molecule has 19 aromatic rings. The molecule has 21 heteroatoms. The number of allylic oxidation sites excluding steroid dienone is 8. The second-order valence-electron chi connectivity index (χ2n) is 35.9. The fourth-order valence-electron chi connectivity index (χ4n) is 16.2. The van der Waals surface area contributed by atoms with Gasteiger partial charge in [0, 0.05) is 121 Å². The Morgan fingerprint density at radius 1 is 0.338 bits per heavy atom. The number of furan rings is 1. The topological polar surface area (TPSA) is 214 Å². The van der Waals surface area contributed by atoms with Gasteiger partial charge in [-0.05, 0) is 202 Å². The first-order chi connectivity index (χ1) is 69.1. The van der Waals surface area contributed by atoms with E-state index in [1.165, 1.54) is 165 Å². The minimum absolute atomic E-state index is 0. The number of nitrogens with zero attached hydrogens (tertiary/aromatic N) is 4. The number of fused-ring (bicyclic) bond motifs is 7. The summed E-state index contributed by atoms with van der Waals surface area (Å²) in [7, 11) is 0. The van der Waals surface area contributed by atoms with Crippen molar-refractivity contribution >= 4 is 88.7 Å². The quantitative estimate of drug-likeness (QED) is 0.0289. The molecule has 0 atom stereocenters. The van der Waals surface area contributed by atoms with Crippen LogP contribution in [0.2, 0.25) is 0 Å². The number of carbonyl (C=O) groups is 4. The van der Waals surface area contributed by atoms with Gasteiger partial charge in [-0.3, -0.25) is 39.1 Å². The molecule has 19 rings (SSSR count). The third-order valence-corrected chi connectivity index (χ3v) is 22.4. The van der Waals surface area contributed by atoms with E-state index in [2.05, 4.69) is 289 Å². The number of aliphatic hydroxyl groups excluding tert-OH is 4. The number of aryl methyl sites for hydroxylation is 3. The van der Waals surface area contributed by atoms with Crippen LogP contribution in [0.4, 0.5) is 17.6 Å². The maximum atomic E-state index is 14.8. The Morgan fingerprint density at radius 2 is 0.743 bits per heavy atom. The van der Waals surface area contributed by atoms with Crippen LogP contribution < -0.4 is 0 Å². The van der Waals surface area contributed by atoms with Crippen molar-refractivity contribution in [2.75, 3.05) is 0 Å². The van der Waals surface area contributed by atoms with E-state index < -0.39 is 28.7 Å². The molecule has 0 aliphatic heterocycles. The standard InChI is InChI=1S/C28H20N.C27H12F4NO.C27H26N.C25H22N.4C5H8O2.4Ir/c1-20-10-5-7-16-25(20)26-19-23-13-6-8-17-27(23)29-28(26)24-15-9-14-22(18-24)21-11-3-2-4-12-21;28-19-10-11-20-23(24(19)29)25(30)26(31)27(32-20)16-5-3-4-14(12-16)15-8-9-18-17-6-1-2-7-21(17)33-22(18)13-15;1-19-16-21-12-8-9-13-25(21)28-26(19)22-14-15-23(18-27(2,3)4)24(17-22)20-10-6-5-7-11-20;1-2-3-10-22-18-21-13-7-8-16-24(21)26-25(22)23-15-9-14-20(17-23)19-11-5-4-6-12-19;4*1-4(6)3-5(2)7;;;;/h2-14,16-19H,1H3;1-4,6-13H;5-13,15-17H,18H2,1-4H3;4-9,11-14,16-18H,2-3,10H2,1H3;4*3,6H,1-2H3;;;;/q4*-1;;;;;;;;. The number of ketones is 4. The fourth-order valence-corrected chi connectivity index (χ4v) is 16.2. The van der Waals surface area contributed by atoms with Crippen molar-refractivity contribution in [3.8, 4) is 101 Å². The molecule has 148 heavy (non-hydrogen) atoms. The van der Waals surface area contributed by atoms with Crippen LogP contribution in [0, 0.1) is 66.8 Å². The normalized spacial score (nSPS) is 11.0. The van der Waals surface area contributed by atoms with Crippen LogP contribution in [-0.4, -0.2) is 63.5 Å². The third kappa shape index (κ3) is 33.6. The average molecular weight is 2680 g/mol. The largest absolute Gasteiger partial charge is 0.512 e. The van der Waals surface area contributed by atoms with Crippen LogP contribution in [0.25, 0.3) is 166 Å². The van der Waals surface area contributed by atoms with Crippen LogP contribution >= 0.6 is 0 Å². The van der Waals surface area contributed by atoms with Crippen molar-refractivity contribution in [2.45, 2.75) is 123 Å². The molecule has 4 N–H and O–H groups in total. The van der Waals surface area contributed by atoms with Gasteiger partial charge >= 0.3 is 0 Å². The molecule has 0 saturated carbocycles. The number of rotatable bonds is 17. The van der Waals surface area contributed by atoms with Crippen molar-refractivity contribution in [2.24, 2.45) is 5.41 Å². The summed E-state index contributed by atoms with van der Waals surface area (Å²) in [5.41, 5.74) is 26.8. The smallest absolute Gasteiger partial charge is 0.171 e. The molecule has 0 fully saturated rings. The van der Waals surface area contributed by atoms with Crippen LogP contribution in [0.15, 0.2) is 379 Å². The number of aliphatic hydroxyl groups is 4. The maximum Gasteiger partial charge on any atom is 0.171 e. The Balaban J connectivity index is 0.000000219. The predicted molar refractivity (Wildman–Crippen MR) is 578 cm³/mol. The van der Waals surface area contributed by atoms with Crippen molar-refractivity contribution in [3.05, 3.63) is 445 Å². The van der Waals surface area contributed by atoms with E-state index in [-0.39, 0.29) is 149 Å². The molecule has 0 unspecified atom stereocenters. The third-order valence-electron chi connectivity index (χ3n) is 22.4. The average Bonchev–Trinajstić information content (AvgIpc) is 1.25. The summed E-state index contributed by atoms with van der Waals surface area (Å²) in [4.78, 5) is 59.1. The first kappa shape index (κ1) is 119. The van der Waals surface area contributed by atoms with Gasteiger partial charge in [0.15, 0.2) is 40.6 Å². The number of pyridine rings is 4. The molecule has 5 heterocycles. The number of benzene rings is 14. The molecule has 0 aliphatic carbocycles. The first-order valence-electron chi connectivity index (χ1n) is 47.1. The summed E-state index contributed by atoms with van der Waals surface area (Å²) in [5, 5.41) is 38.1. The molecule has 14 aromatic carbocycles. The van der Waals surface area contributed by atoms with E-state index in [1.807, 2.05) is 78.9 Å². The number of hydrogen-bond donors (Lipinski definition) is 4. The van der Waals surface area contributed by atoms with Gasteiger partial charge in [0.25, 0.3) is 0 Å². The van der Waals surface area contributed by atoms with Gasteiger partial charge < -0.3 is 24.8 Å². The SMILES string of the molecule is CC(=O)C=C(C)O.CC(=O)C=C(C)O.CC(=O)C=C(C)O.CC(=O)C=C(C)O.CCCCc1cc2ccccc2nc1-c1[c-]ccc(-c2ccccc2)c1.Cc1cc2ccccc2nc1-c1[c-]cc(CC(C)(C)C)c(-c2ccccc2)c1.Cc1ccccc1-c1cc2ccccc2nc1-c1[c-]ccc(-c2ccccc2)c1.Fc1ccc2nc(-c3[c-]ccc(-c4ccc5c(c4)oc4ccccc45)c3)c(F)c(F)c2c1F.[Ir].[Ir].[Ir].[Ir]. The van der Waals surface area contributed by atoms with Gasteiger partial charge in [0.1, 0.15) is 17.0 Å². The van der Waals surface area contributed by atoms with Crippen LogP contribution in [0.1, 0.15) is 118 Å². The van der Waals surface area contributed by atoms with E-state index in [0.717, 1.165) is 108 Å². The fraction of sp³-hybridized carbons (Fsp3) is 0.150. The number of hydrogen-bond acceptors (Lipinski definition) is 13. The van der Waals surface area contributed by atoms with E-state index >= 15 is 0 Å². The summed E-state index contributed by atoms with van der Waals surface area (Å²) in [6.45, 7) is 24.8. The predicted octanol–water partition coefficient (Wildman–Crippen LogP) is 33.3. The molecule has 762 valence electrons. The molecule has 0 amide bonds. The summed E-state index contributed by atoms with van der Waals surface area (Å²) in [5.74, 6) is -5.85. The second-order valence-corrected chi connectivity index (χ2v) is 35.9. The van der Waals surface area contributed by atoms with Gasteiger partial charge in [-0.25, -0.2) is 17.6 Å². The molecular weight excluding hydrogens is 2570 g/mol. The number of carbonyl (C=O) groups excluding carboxylic acids is 4. The summed E-state index contributed by atoms with van der Waals surface area (Å²) < 4.78 is 62.9. The minimum atomic E-state index is -1.49. The van der Waals surface area contributed by atoms with Gasteiger partial charge in [0.2, 0.25) is 0 Å². The Labute approximate surface area is 916 Å². The van der Waals surface area contributed by atoms with E-state index in [1.54, 1.807) is 18.2 Å². The molecular formula is C127H112F4Ir4N4O9-4. The molecule has 0 spiro atoms. The van der Waals surface area contributed by atoms with Crippen LogP contribution in [0.5, 0.6) is 0 Å². The van der Waals surface area contributed by atoms with Gasteiger partial charge in [-0.15, -0.1) is 136 Å². The van der Waals surface area contributed by atoms with E-state index in [9.17, 15) is 36.7 Å². The van der Waals surface area contributed by atoms with Crippen LogP contribution in [-0.2, 0) is 112 Å². The summed E-state index contributed by atoms with van der Waals surface area (Å²) >= 11 is 0. The van der Waals surface area contributed by atoms with Crippen molar-refractivity contribution in [1.29, 1.82) is 0 Å². The summed E-state index contributed by atoms with van der Waals surface area (Å²) in [6.07, 6.45) is 9.08. The van der Waals surface area contributed by atoms with E-state index in [0.29, 0.717) is 11.1 Å². The maximum absolute atomic E-state index is 14.8. The first-order valence-corrected chi connectivity index (χ1v) is 47.1. The molecule has 13 nitrogen and oxygen atoms in total. The van der Waals surface area contributed by atoms with E-state index in [4.69, 9.17) is 39.8 Å². The zero-order valence-electron chi connectivity index (χ0n) is 84.3. The second kappa shape index (κ2) is 57.1. The Kier molecular flexibility index (Phi) is 45.9. The van der Waals surface area contributed by atoms with Crippen molar-refractivity contribution in [3.63, 3.8) is 0 Å². The number of unbranched alkanes of at least 4 members (excludes halogenated alkanes) is 1. The number of aromatic nitrogens is 4. The molecule has 5 aromatic heterocycles. The van der Waals surface area contributed by atoms with Crippen LogP contribution in [0.3, 0.4) is 0 Å². The van der Waals surface area contributed by atoms with Gasteiger partial charge in [-0.2, -0.15) is 0 Å². The molecule has 0 aliphatic rings. The monoisotopic (exact) mass is 2680 g/mol. The van der Waals surface area contributed by atoms with Gasteiger partial charge in [-0.1, -0.05) is 276 Å². The Hall–Kier alpha value is -14.3. The van der Waals surface area contributed by atoms with Crippen molar-refractivity contribution < 1.29 is 142 Å². The molecule has 0 bridgehead atoms. The Morgan fingerprint density at radius 3 is 1.23 bits per heavy atom. The number of para-hydroxylation sites is 4. The molecule has 0 saturated heterocycles. The molecule has 4 radical (unpaired) electrons. The zero-order chi connectivity index (χ0) is 103. The zero-order valence-corrected chi connectivity index (χ0v) is 93.9. The minimum Gasteiger partial charge on any atom is -0.512 e. The van der Waals surface area contributed by atoms with Gasteiger partial charge in [0.05, 0.1) is 50.5 Å².